The molecule has 0 spiro atoms. The molecule has 7 nitrogen and oxygen atoms in total. The van der Waals surface area contributed by atoms with E-state index >= 15 is 0 Å². The lowest BCUT2D eigenvalue weighted by atomic mass is 10.0. The third-order valence-corrected chi connectivity index (χ3v) is 1.79. The van der Waals surface area contributed by atoms with Crippen molar-refractivity contribution in [2.45, 2.75) is 24.5 Å². The summed E-state index contributed by atoms with van der Waals surface area (Å²) in [5.74, 6) is 0. The topological polar surface area (TPSA) is 125 Å². The number of nitrogens with one attached hydrogen (secondary N) is 1. The van der Waals surface area contributed by atoms with Gasteiger partial charge in [-0.3, -0.25) is 0 Å². The van der Waals surface area contributed by atoms with Gasteiger partial charge in [-0.25, -0.2) is 4.79 Å². The number of hydrogen-bond donors (Lipinski definition) is 5. The molecule has 1 aliphatic heterocycles. The number of nitrogens with two attached hydrogens (primary N) is 1. The van der Waals surface area contributed by atoms with Gasteiger partial charge in [0.1, 0.15) is 18.3 Å². The quantitative estimate of drug-likeness (QED) is 0.304. The van der Waals surface area contributed by atoms with Crippen molar-refractivity contribution >= 4 is 6.03 Å². The zero-order valence-electron chi connectivity index (χ0n) is 6.75. The van der Waals surface area contributed by atoms with Crippen molar-refractivity contribution in [3.8, 4) is 0 Å². The van der Waals surface area contributed by atoms with Crippen LogP contribution in [0.15, 0.2) is 0 Å². The Balaban J connectivity index is 2.53. The molecule has 0 bridgehead atoms. The number of rotatable bonds is 1. The van der Waals surface area contributed by atoms with Crippen LogP contribution in [0.2, 0.25) is 0 Å². The van der Waals surface area contributed by atoms with Crippen LogP contribution in [0, 0.1) is 0 Å². The Bertz CT molecular complexity index is 199. The van der Waals surface area contributed by atoms with Crippen LogP contribution in [0.5, 0.6) is 0 Å². The molecule has 1 heterocycles. The average molecular weight is 192 g/mol. The first kappa shape index (κ1) is 10.2. The fraction of sp³-hybridized carbons (Fsp3) is 0.833. The van der Waals surface area contributed by atoms with E-state index in [1.54, 1.807) is 0 Å². The lowest BCUT2D eigenvalue weighted by Gasteiger charge is -2.34. The van der Waals surface area contributed by atoms with Gasteiger partial charge in [-0.05, 0) is 0 Å². The molecule has 6 N–H and O–H groups in total. The van der Waals surface area contributed by atoms with Gasteiger partial charge in [0.2, 0.25) is 0 Å². The van der Waals surface area contributed by atoms with Crippen molar-refractivity contribution in [1.29, 1.82) is 0 Å². The summed E-state index contributed by atoms with van der Waals surface area (Å²) in [5, 5.41) is 29.5. The largest absolute Gasteiger partial charge is 0.388 e. The number of amides is 2. The molecule has 1 rings (SSSR count). The van der Waals surface area contributed by atoms with Gasteiger partial charge in [0.15, 0.2) is 6.23 Å². The van der Waals surface area contributed by atoms with E-state index < -0.39 is 30.6 Å². The minimum absolute atomic E-state index is 0.164. The summed E-state index contributed by atoms with van der Waals surface area (Å²) in [7, 11) is 0. The second kappa shape index (κ2) is 3.88. The molecule has 0 saturated carbocycles. The molecule has 1 saturated heterocycles. The number of primary amides is 1. The van der Waals surface area contributed by atoms with Crippen LogP contribution in [0.4, 0.5) is 4.79 Å². The van der Waals surface area contributed by atoms with Gasteiger partial charge in [0, 0.05) is 0 Å². The molecule has 2 amide bonds. The molecule has 0 radical (unpaired) electrons. The zero-order chi connectivity index (χ0) is 10.0. The number of aliphatic hydroxyl groups is 3. The fourth-order valence-electron chi connectivity index (χ4n) is 1.07. The summed E-state index contributed by atoms with van der Waals surface area (Å²) in [6.45, 7) is -0.164. The van der Waals surface area contributed by atoms with Crippen molar-refractivity contribution in [3.05, 3.63) is 0 Å². The van der Waals surface area contributed by atoms with E-state index in [9.17, 15) is 9.90 Å². The molecule has 4 atom stereocenters. The number of ether oxygens (including phenoxy) is 1. The van der Waals surface area contributed by atoms with E-state index in [-0.39, 0.29) is 6.61 Å². The summed E-state index contributed by atoms with van der Waals surface area (Å²) >= 11 is 0. The van der Waals surface area contributed by atoms with Crippen LogP contribution in [-0.4, -0.2) is 52.5 Å². The minimum Gasteiger partial charge on any atom is -0.388 e. The van der Waals surface area contributed by atoms with E-state index in [0.29, 0.717) is 0 Å². The second-order valence-corrected chi connectivity index (χ2v) is 2.81. The number of carbonyl (C=O) groups excluding carboxylic acids is 1. The first-order valence-electron chi connectivity index (χ1n) is 3.74. The molecule has 1 unspecified atom stereocenters. The van der Waals surface area contributed by atoms with Crippen molar-refractivity contribution in [1.82, 2.24) is 5.32 Å². The van der Waals surface area contributed by atoms with Gasteiger partial charge < -0.3 is 31.1 Å². The van der Waals surface area contributed by atoms with Crippen LogP contribution in [0.3, 0.4) is 0 Å². The minimum atomic E-state index is -1.38. The maximum atomic E-state index is 10.4. The third-order valence-electron chi connectivity index (χ3n) is 1.79. The highest BCUT2D eigenvalue weighted by atomic mass is 16.5. The first-order chi connectivity index (χ1) is 6.02. The molecule has 0 aliphatic carbocycles. The lowest BCUT2D eigenvalue weighted by molar-refractivity contribution is -0.191. The Morgan fingerprint density at radius 1 is 1.38 bits per heavy atom. The summed E-state index contributed by atoms with van der Waals surface area (Å²) in [4.78, 5) is 10.4. The van der Waals surface area contributed by atoms with Crippen molar-refractivity contribution in [2.75, 3.05) is 6.61 Å². The first-order valence-corrected chi connectivity index (χ1v) is 3.74. The third kappa shape index (κ3) is 2.28. The molecule has 1 fully saturated rings. The molecular formula is C6H12N2O5. The summed E-state index contributed by atoms with van der Waals surface area (Å²) in [6.07, 6.45) is -4.95. The molecule has 76 valence electrons. The van der Waals surface area contributed by atoms with Gasteiger partial charge >= 0.3 is 6.03 Å². The predicted octanol–water partition coefficient (Wildman–Crippen LogP) is -2.91. The average Bonchev–Trinajstić information content (AvgIpc) is 2.06. The molecular weight excluding hydrogens is 180 g/mol. The number of carbonyl (C=O) groups is 1. The smallest absolute Gasteiger partial charge is 0.314 e. The van der Waals surface area contributed by atoms with Crippen LogP contribution in [-0.2, 0) is 4.74 Å². The van der Waals surface area contributed by atoms with Crippen LogP contribution < -0.4 is 11.1 Å². The fourth-order valence-corrected chi connectivity index (χ4v) is 1.07. The highest BCUT2D eigenvalue weighted by Gasteiger charge is 2.37. The standard InChI is InChI=1S/C6H12N2O5/c7-6(12)8-5-4(11)3(10)2(9)1-13-5/h2-5,9-11H,1H2,(H3,7,8,12)/t2-,3+,4+,5?/m0/s1. The molecule has 7 heteroatoms. The van der Waals surface area contributed by atoms with Gasteiger partial charge in [-0.15, -0.1) is 0 Å². The highest BCUT2D eigenvalue weighted by molar-refractivity contribution is 5.71. The maximum Gasteiger partial charge on any atom is 0.314 e. The van der Waals surface area contributed by atoms with Gasteiger partial charge in [-0.2, -0.15) is 0 Å². The Labute approximate surface area is 74.1 Å². The molecule has 0 aromatic heterocycles. The van der Waals surface area contributed by atoms with E-state index in [0.717, 1.165) is 0 Å². The monoisotopic (exact) mass is 192 g/mol. The number of aliphatic hydroxyl groups excluding tert-OH is 3. The molecule has 13 heavy (non-hydrogen) atoms. The number of hydrogen-bond acceptors (Lipinski definition) is 5. The van der Waals surface area contributed by atoms with Crippen molar-refractivity contribution in [3.63, 3.8) is 0 Å². The van der Waals surface area contributed by atoms with Gasteiger partial charge in [0.25, 0.3) is 0 Å². The molecule has 0 aromatic carbocycles. The van der Waals surface area contributed by atoms with Gasteiger partial charge in [-0.1, -0.05) is 0 Å². The van der Waals surface area contributed by atoms with Crippen molar-refractivity contribution in [2.24, 2.45) is 5.73 Å². The van der Waals surface area contributed by atoms with Gasteiger partial charge in [0.05, 0.1) is 6.61 Å². The molecule has 0 aromatic rings. The Morgan fingerprint density at radius 2 is 2.00 bits per heavy atom. The van der Waals surface area contributed by atoms with Crippen LogP contribution in [0.25, 0.3) is 0 Å². The Morgan fingerprint density at radius 3 is 2.54 bits per heavy atom. The normalized spacial score (nSPS) is 39.9. The summed E-state index contributed by atoms with van der Waals surface area (Å²) in [5.41, 5.74) is 4.78. The highest BCUT2D eigenvalue weighted by Crippen LogP contribution is 2.13. The zero-order valence-corrected chi connectivity index (χ0v) is 6.75. The van der Waals surface area contributed by atoms with E-state index in [4.69, 9.17) is 20.7 Å². The molecule has 1 aliphatic rings. The van der Waals surface area contributed by atoms with Crippen molar-refractivity contribution < 1.29 is 24.9 Å². The van der Waals surface area contributed by atoms with E-state index in [1.165, 1.54) is 0 Å². The summed E-state index contributed by atoms with van der Waals surface area (Å²) in [6, 6.07) is -0.868. The SMILES string of the molecule is NC(=O)NC1OC[C@H](O)[C@@H](O)[C@H]1O. The van der Waals surface area contributed by atoms with Crippen LogP contribution >= 0.6 is 0 Å². The Kier molecular flexibility index (Phi) is 3.04. The van der Waals surface area contributed by atoms with E-state index in [1.807, 2.05) is 0 Å². The van der Waals surface area contributed by atoms with Crippen LogP contribution in [0.1, 0.15) is 0 Å². The Hall–Kier alpha value is -0.890. The number of urea groups is 1. The second-order valence-electron chi connectivity index (χ2n) is 2.81. The predicted molar refractivity (Wildman–Crippen MR) is 40.5 cm³/mol. The lowest BCUT2D eigenvalue weighted by Crippen LogP contribution is -2.59. The van der Waals surface area contributed by atoms with E-state index in [2.05, 4.69) is 5.32 Å². The maximum absolute atomic E-state index is 10.4. The summed E-state index contributed by atoms with van der Waals surface area (Å²) < 4.78 is 4.81.